The molecule has 0 aliphatic carbocycles. The van der Waals surface area contributed by atoms with Crippen molar-refractivity contribution in [2.45, 2.75) is 26.4 Å². The van der Waals surface area contributed by atoms with Gasteiger partial charge in [-0.25, -0.2) is 4.98 Å². The summed E-state index contributed by atoms with van der Waals surface area (Å²) in [4.78, 5) is 4.18. The first-order chi connectivity index (χ1) is 8.83. The summed E-state index contributed by atoms with van der Waals surface area (Å²) in [6.07, 6.45) is 4.91. The van der Waals surface area contributed by atoms with Crippen molar-refractivity contribution in [2.24, 2.45) is 0 Å². The van der Waals surface area contributed by atoms with Crippen LogP contribution in [-0.4, -0.2) is 16.7 Å². The normalized spacial score (nSPS) is 10.3. The Bertz CT molecular complexity index is 476. The number of aryl methyl sites for hydroxylation is 1. The van der Waals surface area contributed by atoms with Crippen molar-refractivity contribution in [1.82, 2.24) is 9.55 Å². The van der Waals surface area contributed by atoms with E-state index >= 15 is 0 Å². The largest absolute Gasteiger partial charge is 0.497 e. The summed E-state index contributed by atoms with van der Waals surface area (Å²) >= 11 is 0. The molecule has 0 aliphatic rings. The van der Waals surface area contributed by atoms with E-state index in [9.17, 15) is 0 Å². The van der Waals surface area contributed by atoms with Crippen LogP contribution in [0.2, 0.25) is 0 Å². The second-order valence-corrected chi connectivity index (χ2v) is 4.16. The lowest BCUT2D eigenvalue weighted by molar-refractivity contribution is 0.415. The number of imidazole rings is 1. The van der Waals surface area contributed by atoms with Gasteiger partial charge in [-0.05, 0) is 30.7 Å². The van der Waals surface area contributed by atoms with Crippen LogP contribution in [0.3, 0.4) is 0 Å². The van der Waals surface area contributed by atoms with Crippen molar-refractivity contribution in [1.29, 1.82) is 0 Å². The smallest absolute Gasteiger partial charge is 0.119 e. The van der Waals surface area contributed by atoms with E-state index < -0.39 is 0 Å². The molecule has 1 aromatic carbocycles. The molecule has 1 aromatic heterocycles. The first kappa shape index (κ1) is 12.5. The van der Waals surface area contributed by atoms with Crippen LogP contribution < -0.4 is 10.1 Å². The molecule has 0 bridgehead atoms. The molecular weight excluding hydrogens is 226 g/mol. The van der Waals surface area contributed by atoms with Crippen LogP contribution >= 0.6 is 0 Å². The van der Waals surface area contributed by atoms with Crippen molar-refractivity contribution in [2.75, 3.05) is 12.4 Å². The first-order valence-electron chi connectivity index (χ1n) is 6.20. The van der Waals surface area contributed by atoms with Crippen molar-refractivity contribution in [3.63, 3.8) is 0 Å². The maximum Gasteiger partial charge on any atom is 0.119 e. The molecule has 4 nitrogen and oxygen atoms in total. The maximum absolute atomic E-state index is 5.13. The Hall–Kier alpha value is -1.97. The molecule has 0 aliphatic heterocycles. The van der Waals surface area contributed by atoms with Crippen molar-refractivity contribution >= 4 is 5.69 Å². The fraction of sp³-hybridized carbons (Fsp3) is 0.357. The Morgan fingerprint density at radius 2 is 2.06 bits per heavy atom. The number of anilines is 1. The molecule has 2 aromatic rings. The quantitative estimate of drug-likeness (QED) is 0.850. The van der Waals surface area contributed by atoms with Crippen molar-refractivity contribution < 1.29 is 4.74 Å². The lowest BCUT2D eigenvalue weighted by Gasteiger charge is -2.09. The molecule has 1 heterocycles. The molecule has 0 amide bonds. The number of aromatic nitrogens is 2. The van der Waals surface area contributed by atoms with E-state index in [0.717, 1.165) is 30.9 Å². The van der Waals surface area contributed by atoms with Gasteiger partial charge in [0.25, 0.3) is 0 Å². The third kappa shape index (κ3) is 3.03. The maximum atomic E-state index is 5.13. The summed E-state index contributed by atoms with van der Waals surface area (Å²) in [5.74, 6) is 0.872. The minimum Gasteiger partial charge on any atom is -0.497 e. The highest BCUT2D eigenvalue weighted by Crippen LogP contribution is 2.15. The van der Waals surface area contributed by atoms with Crippen molar-refractivity contribution in [3.8, 4) is 5.75 Å². The van der Waals surface area contributed by atoms with Gasteiger partial charge in [-0.3, -0.25) is 0 Å². The van der Waals surface area contributed by atoms with Gasteiger partial charge in [0.15, 0.2) is 0 Å². The average molecular weight is 245 g/mol. The number of rotatable bonds is 6. The number of benzene rings is 1. The van der Waals surface area contributed by atoms with Gasteiger partial charge in [0, 0.05) is 18.4 Å². The average Bonchev–Trinajstić information content (AvgIpc) is 2.85. The van der Waals surface area contributed by atoms with Gasteiger partial charge in [0.2, 0.25) is 0 Å². The Kier molecular flexibility index (Phi) is 4.23. The van der Waals surface area contributed by atoms with Crippen LogP contribution in [0.5, 0.6) is 5.75 Å². The van der Waals surface area contributed by atoms with Gasteiger partial charge in [-0.1, -0.05) is 6.92 Å². The fourth-order valence-corrected chi connectivity index (χ4v) is 1.84. The second kappa shape index (κ2) is 6.10. The predicted octanol–water partition coefficient (Wildman–Crippen LogP) is 2.91. The lowest BCUT2D eigenvalue weighted by Crippen LogP contribution is -2.06. The molecule has 0 saturated heterocycles. The standard InChI is InChI=1S/C14H19N3O/c1-3-8-17-11-15-9-13(17)10-16-12-4-6-14(18-2)7-5-12/h4-7,9,11,16H,3,8,10H2,1-2H3. The van der Waals surface area contributed by atoms with Crippen LogP contribution in [0, 0.1) is 0 Å². The molecule has 4 heteroatoms. The Morgan fingerprint density at radius 3 is 2.72 bits per heavy atom. The van der Waals surface area contributed by atoms with E-state index in [1.54, 1.807) is 7.11 Å². The summed E-state index contributed by atoms with van der Waals surface area (Å²) in [5.41, 5.74) is 2.28. The van der Waals surface area contributed by atoms with Crippen LogP contribution in [0.15, 0.2) is 36.8 Å². The van der Waals surface area contributed by atoms with Gasteiger partial charge >= 0.3 is 0 Å². The molecule has 0 spiro atoms. The Balaban J connectivity index is 1.95. The number of hydrogen-bond acceptors (Lipinski definition) is 3. The van der Waals surface area contributed by atoms with Crippen molar-refractivity contribution in [3.05, 3.63) is 42.5 Å². The molecule has 1 N–H and O–H groups in total. The topological polar surface area (TPSA) is 39.1 Å². The molecular formula is C14H19N3O. The Labute approximate surface area is 108 Å². The van der Waals surface area contributed by atoms with E-state index in [1.807, 2.05) is 36.8 Å². The monoisotopic (exact) mass is 245 g/mol. The number of hydrogen-bond donors (Lipinski definition) is 1. The highest BCUT2D eigenvalue weighted by molar-refractivity contribution is 5.46. The minimum absolute atomic E-state index is 0.784. The number of nitrogens with zero attached hydrogens (tertiary/aromatic N) is 2. The van der Waals surface area contributed by atoms with Gasteiger partial charge < -0.3 is 14.6 Å². The van der Waals surface area contributed by atoms with E-state index in [0.29, 0.717) is 0 Å². The Morgan fingerprint density at radius 1 is 1.28 bits per heavy atom. The number of nitrogens with one attached hydrogen (secondary N) is 1. The molecule has 0 unspecified atom stereocenters. The van der Waals surface area contributed by atoms with Gasteiger partial charge in [-0.15, -0.1) is 0 Å². The zero-order valence-corrected chi connectivity index (χ0v) is 10.9. The molecule has 18 heavy (non-hydrogen) atoms. The highest BCUT2D eigenvalue weighted by Gasteiger charge is 2.01. The summed E-state index contributed by atoms with van der Waals surface area (Å²) < 4.78 is 7.31. The first-order valence-corrected chi connectivity index (χ1v) is 6.20. The summed E-state index contributed by atoms with van der Waals surface area (Å²) in [5, 5.41) is 3.38. The zero-order valence-electron chi connectivity index (χ0n) is 10.9. The van der Waals surface area contributed by atoms with Crippen LogP contribution in [0.25, 0.3) is 0 Å². The summed E-state index contributed by atoms with van der Waals surface area (Å²) in [6, 6.07) is 7.93. The highest BCUT2D eigenvalue weighted by atomic mass is 16.5. The minimum atomic E-state index is 0.784. The SMILES string of the molecule is CCCn1cncc1CNc1ccc(OC)cc1. The molecule has 0 saturated carbocycles. The third-order valence-corrected chi connectivity index (χ3v) is 2.83. The van der Waals surface area contributed by atoms with Crippen LogP contribution in [0.1, 0.15) is 19.0 Å². The van der Waals surface area contributed by atoms with Crippen LogP contribution in [0.4, 0.5) is 5.69 Å². The summed E-state index contributed by atoms with van der Waals surface area (Å²) in [7, 11) is 1.67. The number of methoxy groups -OCH3 is 1. The van der Waals surface area contributed by atoms with Gasteiger partial charge in [-0.2, -0.15) is 0 Å². The summed E-state index contributed by atoms with van der Waals surface area (Å²) in [6.45, 7) is 3.96. The van der Waals surface area contributed by atoms with E-state index in [1.165, 1.54) is 5.69 Å². The predicted molar refractivity (Wildman–Crippen MR) is 72.8 cm³/mol. The second-order valence-electron chi connectivity index (χ2n) is 4.16. The van der Waals surface area contributed by atoms with E-state index in [4.69, 9.17) is 4.74 Å². The third-order valence-electron chi connectivity index (χ3n) is 2.83. The zero-order chi connectivity index (χ0) is 12.8. The lowest BCUT2D eigenvalue weighted by atomic mass is 10.3. The van der Waals surface area contributed by atoms with Crippen LogP contribution in [-0.2, 0) is 13.1 Å². The fourth-order valence-electron chi connectivity index (χ4n) is 1.84. The molecule has 0 fully saturated rings. The molecule has 0 radical (unpaired) electrons. The van der Waals surface area contributed by atoms with E-state index in [2.05, 4.69) is 21.8 Å². The molecule has 0 atom stereocenters. The van der Waals surface area contributed by atoms with Gasteiger partial charge in [0.1, 0.15) is 5.75 Å². The molecule has 96 valence electrons. The number of ether oxygens (including phenoxy) is 1. The molecule has 2 rings (SSSR count). The van der Waals surface area contributed by atoms with E-state index in [-0.39, 0.29) is 0 Å². The van der Waals surface area contributed by atoms with Gasteiger partial charge in [0.05, 0.1) is 25.7 Å².